The SMILES string of the molecule is CC[C@@H](Nc1n[s+]([O-])nc1Nc1ccc(Cl)c(S(N)(=O)=O)c1O)c1cc(C(C)C)co1. The standard InChI is InChI=1S/C18H22ClN5O5S2/c1-4-12(14-7-10(8-29-14)9(2)3)21-17-18(24-30(26)23-17)22-13-6-5-11(19)16(15(13)25)31(20,27)28/h5-9,12,25H,4H2,1-3H3,(H,21,23)(H,22,24)(H2,20,27,28)/t12-,30?/m1/s1. The predicted octanol–water partition coefficient (Wildman–Crippen LogP) is 4.23. The molecule has 0 saturated heterocycles. The van der Waals surface area contributed by atoms with Gasteiger partial charge in [0.05, 0.1) is 23.0 Å². The van der Waals surface area contributed by atoms with E-state index < -0.39 is 31.8 Å². The summed E-state index contributed by atoms with van der Waals surface area (Å²) in [5, 5.41) is 21.1. The van der Waals surface area contributed by atoms with Gasteiger partial charge in [0.25, 0.3) is 0 Å². The van der Waals surface area contributed by atoms with Crippen molar-refractivity contribution < 1.29 is 22.5 Å². The maximum Gasteiger partial charge on any atom is 0.243 e. The van der Waals surface area contributed by atoms with Gasteiger partial charge in [0.2, 0.25) is 21.7 Å². The number of aromatic nitrogens is 2. The van der Waals surface area contributed by atoms with Crippen LogP contribution in [-0.2, 0) is 10.0 Å². The summed E-state index contributed by atoms with van der Waals surface area (Å²) >= 11 is 3.96. The number of phenolic OH excluding ortho intramolecular Hbond substituents is 1. The Hall–Kier alpha value is -2.38. The van der Waals surface area contributed by atoms with Crippen LogP contribution in [0, 0.1) is 0 Å². The minimum absolute atomic E-state index is 0.0467. The molecule has 2 aromatic heterocycles. The van der Waals surface area contributed by atoms with Crippen LogP contribution in [0.1, 0.15) is 50.5 Å². The lowest BCUT2D eigenvalue weighted by molar-refractivity contribution is 0.461. The van der Waals surface area contributed by atoms with Crippen molar-refractivity contribution in [1.29, 1.82) is 0 Å². The molecule has 2 atom stereocenters. The number of rotatable bonds is 8. The van der Waals surface area contributed by atoms with Crippen LogP contribution in [0.15, 0.2) is 33.8 Å². The molecule has 5 N–H and O–H groups in total. The van der Waals surface area contributed by atoms with Crippen LogP contribution in [-0.4, -0.2) is 26.8 Å². The number of nitrogens with two attached hydrogens (primary N) is 1. The first kappa shape index (κ1) is 23.3. The third kappa shape index (κ3) is 5.10. The second-order valence-corrected chi connectivity index (χ2v) is 9.83. The molecule has 3 aromatic rings. The minimum atomic E-state index is -4.29. The molecule has 13 heteroatoms. The quantitative estimate of drug-likeness (QED) is 0.268. The predicted molar refractivity (Wildman–Crippen MR) is 118 cm³/mol. The number of hydrogen-bond donors (Lipinski definition) is 4. The molecule has 0 aliphatic heterocycles. The van der Waals surface area contributed by atoms with Crippen molar-refractivity contribution in [2.45, 2.75) is 44.0 Å². The van der Waals surface area contributed by atoms with Gasteiger partial charge in [-0.05, 0) is 36.1 Å². The molecule has 0 aliphatic carbocycles. The van der Waals surface area contributed by atoms with Crippen molar-refractivity contribution in [1.82, 2.24) is 8.75 Å². The number of nitrogens with zero attached hydrogens (tertiary/aromatic N) is 2. The molecule has 168 valence electrons. The Morgan fingerprint density at radius 1 is 1.32 bits per heavy atom. The number of benzene rings is 1. The zero-order valence-corrected chi connectivity index (χ0v) is 19.3. The van der Waals surface area contributed by atoms with Crippen LogP contribution in [0.25, 0.3) is 0 Å². The van der Waals surface area contributed by atoms with Crippen molar-refractivity contribution in [2.24, 2.45) is 5.14 Å². The number of anilines is 3. The minimum Gasteiger partial charge on any atom is -0.546 e. The molecule has 0 bridgehead atoms. The van der Waals surface area contributed by atoms with E-state index in [1.54, 1.807) is 6.26 Å². The molecule has 10 nitrogen and oxygen atoms in total. The largest absolute Gasteiger partial charge is 0.546 e. The summed E-state index contributed by atoms with van der Waals surface area (Å²) in [6.45, 7) is 6.04. The molecule has 0 fully saturated rings. The van der Waals surface area contributed by atoms with E-state index in [4.69, 9.17) is 21.2 Å². The van der Waals surface area contributed by atoms with Gasteiger partial charge in [0.1, 0.15) is 10.7 Å². The Kier molecular flexibility index (Phi) is 6.76. The number of aromatic hydroxyl groups is 1. The van der Waals surface area contributed by atoms with Gasteiger partial charge >= 0.3 is 0 Å². The molecule has 0 aliphatic rings. The van der Waals surface area contributed by atoms with Gasteiger partial charge in [-0.2, -0.15) is 0 Å². The first-order valence-electron chi connectivity index (χ1n) is 9.27. The normalized spacial score (nSPS) is 13.5. The van der Waals surface area contributed by atoms with Crippen molar-refractivity contribution in [3.63, 3.8) is 0 Å². The highest BCUT2D eigenvalue weighted by molar-refractivity contribution is 7.89. The average molecular weight is 488 g/mol. The summed E-state index contributed by atoms with van der Waals surface area (Å²) in [6, 6.07) is 4.25. The molecule has 0 amide bonds. The summed E-state index contributed by atoms with van der Waals surface area (Å²) in [6.07, 6.45) is 2.32. The monoisotopic (exact) mass is 487 g/mol. The lowest BCUT2D eigenvalue weighted by atomic mass is 10.1. The molecule has 2 heterocycles. The summed E-state index contributed by atoms with van der Waals surface area (Å²) in [5.74, 6) is 0.502. The van der Waals surface area contributed by atoms with E-state index in [0.29, 0.717) is 18.1 Å². The van der Waals surface area contributed by atoms with E-state index in [1.807, 2.05) is 13.0 Å². The third-order valence-electron chi connectivity index (χ3n) is 4.55. The highest BCUT2D eigenvalue weighted by Crippen LogP contribution is 2.39. The van der Waals surface area contributed by atoms with Gasteiger partial charge < -0.3 is 24.7 Å². The van der Waals surface area contributed by atoms with Crippen LogP contribution in [0.4, 0.5) is 17.3 Å². The van der Waals surface area contributed by atoms with E-state index in [-0.39, 0.29) is 28.4 Å². The lowest BCUT2D eigenvalue weighted by Gasteiger charge is -2.15. The fraction of sp³-hybridized carbons (Fsp3) is 0.333. The number of furan rings is 1. The van der Waals surface area contributed by atoms with Gasteiger partial charge in [0, 0.05) is 8.75 Å². The van der Waals surface area contributed by atoms with Crippen molar-refractivity contribution >= 4 is 50.1 Å². The molecule has 0 spiro atoms. The first-order chi connectivity index (χ1) is 14.5. The second-order valence-electron chi connectivity index (χ2n) is 7.10. The molecular weight excluding hydrogens is 466 g/mol. The Morgan fingerprint density at radius 2 is 2.00 bits per heavy atom. The van der Waals surface area contributed by atoms with Crippen molar-refractivity contribution in [2.75, 3.05) is 10.6 Å². The van der Waals surface area contributed by atoms with E-state index in [2.05, 4.69) is 33.2 Å². The fourth-order valence-electron chi connectivity index (χ4n) is 2.88. The Balaban J connectivity index is 1.92. The van der Waals surface area contributed by atoms with E-state index in [0.717, 1.165) is 5.56 Å². The van der Waals surface area contributed by atoms with Crippen LogP contribution in [0.3, 0.4) is 0 Å². The van der Waals surface area contributed by atoms with Crippen molar-refractivity contribution in [3.05, 3.63) is 40.8 Å². The molecule has 3 rings (SSSR count). The van der Waals surface area contributed by atoms with Crippen LogP contribution in [0.5, 0.6) is 5.75 Å². The number of hydrogen-bond acceptors (Lipinski definition) is 9. The average Bonchev–Trinajstić information content (AvgIpc) is 3.28. The van der Waals surface area contributed by atoms with Gasteiger partial charge in [-0.3, -0.25) is 0 Å². The maximum atomic E-state index is 12.0. The van der Waals surface area contributed by atoms with Gasteiger partial charge in [-0.1, -0.05) is 32.4 Å². The van der Waals surface area contributed by atoms with Crippen LogP contribution < -0.4 is 15.8 Å². The van der Waals surface area contributed by atoms with E-state index >= 15 is 0 Å². The lowest BCUT2D eigenvalue weighted by Crippen LogP contribution is -2.14. The Morgan fingerprint density at radius 3 is 2.58 bits per heavy atom. The number of sulfonamides is 1. The molecule has 0 radical (unpaired) electrons. The zero-order valence-electron chi connectivity index (χ0n) is 16.9. The topological polar surface area (TPSA) is 166 Å². The molecule has 1 aromatic carbocycles. The smallest absolute Gasteiger partial charge is 0.243 e. The molecule has 31 heavy (non-hydrogen) atoms. The Labute approximate surface area is 187 Å². The van der Waals surface area contributed by atoms with Crippen LogP contribution >= 0.6 is 22.7 Å². The fourth-order valence-corrected chi connectivity index (χ4v) is 4.70. The summed E-state index contributed by atoms with van der Waals surface area (Å²) in [5.41, 5.74) is 0.995. The number of halogens is 1. The van der Waals surface area contributed by atoms with Crippen LogP contribution in [0.2, 0.25) is 5.02 Å². The van der Waals surface area contributed by atoms with Crippen molar-refractivity contribution in [3.8, 4) is 5.75 Å². The van der Waals surface area contributed by atoms with E-state index in [1.165, 1.54) is 12.1 Å². The maximum absolute atomic E-state index is 12.0. The van der Waals surface area contributed by atoms with Gasteiger partial charge in [0.15, 0.2) is 16.9 Å². The number of nitrogens with one attached hydrogen (secondary N) is 2. The van der Waals surface area contributed by atoms with Gasteiger partial charge in [-0.25, -0.2) is 13.6 Å². The highest BCUT2D eigenvalue weighted by Gasteiger charge is 2.25. The number of phenols is 1. The molecule has 0 saturated carbocycles. The highest BCUT2D eigenvalue weighted by atomic mass is 35.5. The molecule has 1 unspecified atom stereocenters. The molecular formula is C18H22ClN5O5S2. The summed E-state index contributed by atoms with van der Waals surface area (Å²) < 4.78 is 49.0. The summed E-state index contributed by atoms with van der Waals surface area (Å²) in [4.78, 5) is -0.631. The summed E-state index contributed by atoms with van der Waals surface area (Å²) in [7, 11) is -4.29. The second kappa shape index (κ2) is 9.01. The number of primary sulfonamides is 1. The van der Waals surface area contributed by atoms with E-state index in [9.17, 15) is 18.1 Å². The third-order valence-corrected chi connectivity index (χ3v) is 6.64. The van der Waals surface area contributed by atoms with Gasteiger partial charge in [-0.15, -0.1) is 0 Å². The first-order valence-corrected chi connectivity index (χ1v) is 12.3. The Bertz CT molecular complexity index is 1190. The zero-order chi connectivity index (χ0) is 22.9.